The molecule has 0 saturated heterocycles. The van der Waals surface area contributed by atoms with E-state index in [0.717, 1.165) is 27.6 Å². The first-order valence-electron chi connectivity index (χ1n) is 6.89. The van der Waals surface area contributed by atoms with Crippen molar-refractivity contribution in [3.63, 3.8) is 0 Å². The highest BCUT2D eigenvalue weighted by Crippen LogP contribution is 2.29. The van der Waals surface area contributed by atoms with Crippen LogP contribution in [0, 0.1) is 6.92 Å². The summed E-state index contributed by atoms with van der Waals surface area (Å²) in [5.41, 5.74) is 9.22. The molecule has 2 aromatic carbocycles. The molecule has 21 heavy (non-hydrogen) atoms. The summed E-state index contributed by atoms with van der Waals surface area (Å²) in [6.45, 7) is 2.50. The smallest absolute Gasteiger partial charge is 0.120 e. The van der Waals surface area contributed by atoms with E-state index in [1.54, 1.807) is 7.11 Å². The maximum absolute atomic E-state index is 6.23. The second-order valence-electron chi connectivity index (χ2n) is 5.07. The number of methoxy groups -OCH3 is 1. The van der Waals surface area contributed by atoms with Crippen LogP contribution in [-0.2, 0) is 0 Å². The second kappa shape index (κ2) is 6.83. The van der Waals surface area contributed by atoms with Crippen LogP contribution in [0.4, 0.5) is 5.69 Å². The third-order valence-corrected chi connectivity index (χ3v) is 4.14. The van der Waals surface area contributed by atoms with Gasteiger partial charge in [0.15, 0.2) is 0 Å². The van der Waals surface area contributed by atoms with Gasteiger partial charge in [0.25, 0.3) is 0 Å². The number of nitrogens with two attached hydrogens (primary N) is 1. The Kier molecular flexibility index (Phi) is 5.10. The van der Waals surface area contributed by atoms with Crippen molar-refractivity contribution in [2.24, 2.45) is 5.73 Å². The van der Waals surface area contributed by atoms with Gasteiger partial charge in [-0.3, -0.25) is 0 Å². The lowest BCUT2D eigenvalue weighted by molar-refractivity contribution is 0.414. The summed E-state index contributed by atoms with van der Waals surface area (Å²) in [6.07, 6.45) is 0. The lowest BCUT2D eigenvalue weighted by atomic mass is 10.0. The molecule has 0 spiro atoms. The fraction of sp³-hybridized carbons (Fsp3) is 0.294. The number of benzene rings is 2. The van der Waals surface area contributed by atoms with Crippen molar-refractivity contribution in [2.45, 2.75) is 13.0 Å². The van der Waals surface area contributed by atoms with Crippen LogP contribution in [0.1, 0.15) is 17.2 Å². The standard InChI is InChI=1S/C17H21ClN2O/c1-12-7-8-13(9-16(12)18)17(11-19)20(2)14-5-4-6-15(10-14)21-3/h4-10,17H,11,19H2,1-3H3. The highest BCUT2D eigenvalue weighted by atomic mass is 35.5. The molecule has 112 valence electrons. The Bertz CT molecular complexity index is 615. The van der Waals surface area contributed by atoms with Crippen molar-refractivity contribution in [3.05, 3.63) is 58.6 Å². The first-order valence-corrected chi connectivity index (χ1v) is 7.27. The topological polar surface area (TPSA) is 38.5 Å². The van der Waals surface area contributed by atoms with E-state index in [1.165, 1.54) is 0 Å². The van der Waals surface area contributed by atoms with E-state index in [9.17, 15) is 0 Å². The zero-order valence-corrected chi connectivity index (χ0v) is 13.4. The Morgan fingerprint density at radius 2 is 2.00 bits per heavy atom. The molecular formula is C17H21ClN2O. The van der Waals surface area contributed by atoms with Crippen LogP contribution < -0.4 is 15.4 Å². The molecule has 0 aliphatic carbocycles. The quantitative estimate of drug-likeness (QED) is 0.913. The van der Waals surface area contributed by atoms with Gasteiger partial charge in [0, 0.05) is 30.4 Å². The molecule has 0 aliphatic rings. The maximum Gasteiger partial charge on any atom is 0.120 e. The highest BCUT2D eigenvalue weighted by Gasteiger charge is 2.17. The largest absolute Gasteiger partial charge is 0.497 e. The zero-order chi connectivity index (χ0) is 15.4. The normalized spacial score (nSPS) is 12.0. The number of hydrogen-bond donors (Lipinski definition) is 1. The molecule has 0 aliphatic heterocycles. The molecule has 0 heterocycles. The van der Waals surface area contributed by atoms with Crippen LogP contribution >= 0.6 is 11.6 Å². The number of halogens is 1. The Morgan fingerprint density at radius 1 is 1.24 bits per heavy atom. The summed E-state index contributed by atoms with van der Waals surface area (Å²) in [5.74, 6) is 0.831. The van der Waals surface area contributed by atoms with Crippen LogP contribution in [0.25, 0.3) is 0 Å². The van der Waals surface area contributed by atoms with Crippen molar-refractivity contribution < 1.29 is 4.74 Å². The van der Waals surface area contributed by atoms with Gasteiger partial charge in [0.1, 0.15) is 5.75 Å². The van der Waals surface area contributed by atoms with Gasteiger partial charge < -0.3 is 15.4 Å². The third-order valence-electron chi connectivity index (χ3n) is 3.73. The number of hydrogen-bond acceptors (Lipinski definition) is 3. The number of anilines is 1. The van der Waals surface area contributed by atoms with Gasteiger partial charge >= 0.3 is 0 Å². The van der Waals surface area contributed by atoms with E-state index in [0.29, 0.717) is 6.54 Å². The first-order chi connectivity index (χ1) is 10.1. The van der Waals surface area contributed by atoms with Crippen molar-refractivity contribution in [2.75, 3.05) is 25.6 Å². The fourth-order valence-corrected chi connectivity index (χ4v) is 2.53. The summed E-state index contributed by atoms with van der Waals surface area (Å²) in [6, 6.07) is 14.1. The molecule has 2 N–H and O–H groups in total. The van der Waals surface area contributed by atoms with Crippen molar-refractivity contribution in [3.8, 4) is 5.75 Å². The fourth-order valence-electron chi connectivity index (χ4n) is 2.34. The molecule has 2 rings (SSSR count). The van der Waals surface area contributed by atoms with Gasteiger partial charge in [-0.1, -0.05) is 29.8 Å². The van der Waals surface area contributed by atoms with Crippen LogP contribution in [0.3, 0.4) is 0 Å². The zero-order valence-electron chi connectivity index (χ0n) is 12.6. The highest BCUT2D eigenvalue weighted by molar-refractivity contribution is 6.31. The molecule has 0 radical (unpaired) electrons. The van der Waals surface area contributed by atoms with Crippen LogP contribution in [-0.4, -0.2) is 20.7 Å². The Hall–Kier alpha value is -1.71. The lowest BCUT2D eigenvalue weighted by Gasteiger charge is -2.30. The molecule has 1 atom stereocenters. The molecule has 0 bridgehead atoms. The van der Waals surface area contributed by atoms with E-state index in [4.69, 9.17) is 22.1 Å². The minimum atomic E-state index is 0.0650. The minimum absolute atomic E-state index is 0.0650. The predicted molar refractivity (Wildman–Crippen MR) is 89.4 cm³/mol. The summed E-state index contributed by atoms with van der Waals surface area (Å²) >= 11 is 6.23. The molecule has 4 heteroatoms. The Morgan fingerprint density at radius 3 is 2.62 bits per heavy atom. The number of aryl methyl sites for hydroxylation is 1. The van der Waals surface area contributed by atoms with Crippen LogP contribution in [0.15, 0.2) is 42.5 Å². The number of ether oxygens (including phenoxy) is 1. The molecule has 0 aromatic heterocycles. The second-order valence-corrected chi connectivity index (χ2v) is 5.48. The average Bonchev–Trinajstić information content (AvgIpc) is 2.51. The third kappa shape index (κ3) is 3.49. The van der Waals surface area contributed by atoms with Gasteiger partial charge in [-0.15, -0.1) is 0 Å². The van der Waals surface area contributed by atoms with Gasteiger partial charge in [-0.05, 0) is 36.2 Å². The molecule has 1 unspecified atom stereocenters. The Labute approximate surface area is 131 Å². The van der Waals surface area contributed by atoms with Crippen molar-refractivity contribution in [1.82, 2.24) is 0 Å². The molecule has 2 aromatic rings. The van der Waals surface area contributed by atoms with Gasteiger partial charge in [0.05, 0.1) is 13.2 Å². The summed E-state index contributed by atoms with van der Waals surface area (Å²) in [7, 11) is 3.69. The van der Waals surface area contributed by atoms with E-state index >= 15 is 0 Å². The van der Waals surface area contributed by atoms with Crippen molar-refractivity contribution >= 4 is 17.3 Å². The van der Waals surface area contributed by atoms with Gasteiger partial charge in [0.2, 0.25) is 0 Å². The first kappa shape index (κ1) is 15.7. The van der Waals surface area contributed by atoms with E-state index < -0.39 is 0 Å². The lowest BCUT2D eigenvalue weighted by Crippen LogP contribution is -2.30. The van der Waals surface area contributed by atoms with E-state index in [-0.39, 0.29) is 6.04 Å². The molecule has 0 saturated carbocycles. The Balaban J connectivity index is 2.32. The maximum atomic E-state index is 6.23. The summed E-state index contributed by atoms with van der Waals surface area (Å²) in [4.78, 5) is 2.14. The minimum Gasteiger partial charge on any atom is -0.497 e. The van der Waals surface area contributed by atoms with Crippen molar-refractivity contribution in [1.29, 1.82) is 0 Å². The van der Waals surface area contributed by atoms with Gasteiger partial charge in [-0.25, -0.2) is 0 Å². The molecular weight excluding hydrogens is 284 g/mol. The summed E-state index contributed by atoms with van der Waals surface area (Å²) < 4.78 is 5.28. The average molecular weight is 305 g/mol. The summed E-state index contributed by atoms with van der Waals surface area (Å²) in [5, 5.41) is 0.769. The molecule has 0 fully saturated rings. The van der Waals surface area contributed by atoms with Gasteiger partial charge in [-0.2, -0.15) is 0 Å². The molecule has 0 amide bonds. The SMILES string of the molecule is COc1cccc(N(C)C(CN)c2ccc(C)c(Cl)c2)c1. The predicted octanol–water partition coefficient (Wildman–Crippen LogP) is 3.79. The number of likely N-dealkylation sites (N-methyl/N-ethyl adjacent to an activating group) is 1. The van der Waals surface area contributed by atoms with E-state index in [2.05, 4.69) is 11.0 Å². The number of rotatable bonds is 5. The van der Waals surface area contributed by atoms with E-state index in [1.807, 2.05) is 50.4 Å². The molecule has 3 nitrogen and oxygen atoms in total. The monoisotopic (exact) mass is 304 g/mol. The van der Waals surface area contributed by atoms with Crippen LogP contribution in [0.5, 0.6) is 5.75 Å². The van der Waals surface area contributed by atoms with Crippen LogP contribution in [0.2, 0.25) is 5.02 Å². The number of nitrogens with zero attached hydrogens (tertiary/aromatic N) is 1.